The minimum absolute atomic E-state index is 0.0935. The van der Waals surface area contributed by atoms with Crippen molar-refractivity contribution in [2.75, 3.05) is 19.8 Å². The molecule has 0 heterocycles. The van der Waals surface area contributed by atoms with Gasteiger partial charge in [0, 0.05) is 19.3 Å². The van der Waals surface area contributed by atoms with Crippen molar-refractivity contribution in [2.45, 2.75) is 38.5 Å². The molecule has 0 aliphatic rings. The maximum absolute atomic E-state index is 12.2. The molecule has 0 saturated carbocycles. The summed E-state index contributed by atoms with van der Waals surface area (Å²) >= 11 is 0. The lowest BCUT2D eigenvalue weighted by Crippen LogP contribution is -2.07. The van der Waals surface area contributed by atoms with Gasteiger partial charge in [0.05, 0.1) is 19.8 Å². The Morgan fingerprint density at radius 1 is 0.652 bits per heavy atom. The predicted octanol–water partition coefficient (Wildman–Crippen LogP) is 1.74. The van der Waals surface area contributed by atoms with Crippen LogP contribution in [0.3, 0.4) is 0 Å². The van der Waals surface area contributed by atoms with E-state index in [0.717, 1.165) is 0 Å². The van der Waals surface area contributed by atoms with Crippen molar-refractivity contribution in [1.29, 1.82) is 0 Å². The van der Waals surface area contributed by atoms with Crippen LogP contribution < -0.4 is 0 Å². The van der Waals surface area contributed by atoms with E-state index in [9.17, 15) is 18.9 Å². The van der Waals surface area contributed by atoms with Gasteiger partial charge < -0.3 is 15.3 Å². The molecule has 134 valence electrons. The maximum Gasteiger partial charge on any atom is 0.474 e. The van der Waals surface area contributed by atoms with Gasteiger partial charge in [0.25, 0.3) is 0 Å². The van der Waals surface area contributed by atoms with Crippen molar-refractivity contribution in [3.63, 3.8) is 0 Å². The van der Waals surface area contributed by atoms with Gasteiger partial charge in [-0.25, -0.2) is 4.57 Å². The molecular formula is C12H21O10P. The van der Waals surface area contributed by atoms with E-state index >= 15 is 0 Å². The summed E-state index contributed by atoms with van der Waals surface area (Å²) in [5.74, 6) is -3.10. The molecule has 0 aliphatic heterocycles. The first-order chi connectivity index (χ1) is 10.7. The number of phosphoric acid groups is 1. The van der Waals surface area contributed by atoms with E-state index in [0.29, 0.717) is 0 Å². The molecule has 0 radical (unpaired) electrons. The van der Waals surface area contributed by atoms with E-state index < -0.39 is 25.7 Å². The molecule has 0 aromatic carbocycles. The number of aliphatic carboxylic acids is 3. The SMILES string of the molecule is O=C(O)CCCOP(=O)(OCCCC(=O)O)OCCCC(=O)O. The Kier molecular flexibility index (Phi) is 11.2. The van der Waals surface area contributed by atoms with Crippen LogP contribution in [-0.4, -0.2) is 53.0 Å². The van der Waals surface area contributed by atoms with Crippen molar-refractivity contribution in [3.8, 4) is 0 Å². The van der Waals surface area contributed by atoms with Crippen LogP contribution in [0, 0.1) is 0 Å². The number of carboxylic acids is 3. The van der Waals surface area contributed by atoms with E-state index in [1.54, 1.807) is 0 Å². The molecule has 0 aromatic rings. The highest BCUT2D eigenvalue weighted by Gasteiger charge is 2.26. The van der Waals surface area contributed by atoms with Gasteiger partial charge in [0.15, 0.2) is 0 Å². The van der Waals surface area contributed by atoms with Gasteiger partial charge in [-0.2, -0.15) is 0 Å². The quantitative estimate of drug-likeness (QED) is 0.291. The van der Waals surface area contributed by atoms with Gasteiger partial charge in [-0.1, -0.05) is 0 Å². The zero-order valence-electron chi connectivity index (χ0n) is 12.5. The molecule has 0 spiro atoms. The number of carboxylic acid groups (broad SMARTS) is 3. The Bertz CT molecular complexity index is 374. The molecule has 11 heteroatoms. The molecule has 23 heavy (non-hydrogen) atoms. The smallest absolute Gasteiger partial charge is 0.474 e. The summed E-state index contributed by atoms with van der Waals surface area (Å²) < 4.78 is 27.1. The van der Waals surface area contributed by atoms with E-state index in [4.69, 9.17) is 28.9 Å². The zero-order chi connectivity index (χ0) is 17.7. The maximum atomic E-state index is 12.2. The highest BCUT2D eigenvalue weighted by molar-refractivity contribution is 7.48. The Morgan fingerprint density at radius 3 is 1.13 bits per heavy atom. The fourth-order valence-corrected chi connectivity index (χ4v) is 2.59. The molecule has 0 unspecified atom stereocenters. The second kappa shape index (κ2) is 12.0. The monoisotopic (exact) mass is 356 g/mol. The molecular weight excluding hydrogens is 335 g/mol. The third-order valence-corrected chi connectivity index (χ3v) is 3.85. The molecule has 0 atom stereocenters. The summed E-state index contributed by atoms with van der Waals surface area (Å²) in [6.07, 6.45) is -0.267. The number of rotatable bonds is 15. The van der Waals surface area contributed by atoms with Crippen LogP contribution in [0.1, 0.15) is 38.5 Å². The Morgan fingerprint density at radius 2 is 0.913 bits per heavy atom. The fraction of sp³-hybridized carbons (Fsp3) is 0.750. The van der Waals surface area contributed by atoms with Crippen LogP contribution >= 0.6 is 7.82 Å². The fourth-order valence-electron chi connectivity index (χ4n) is 1.31. The predicted molar refractivity (Wildman–Crippen MR) is 76.1 cm³/mol. The van der Waals surface area contributed by atoms with Gasteiger partial charge >= 0.3 is 25.7 Å². The van der Waals surface area contributed by atoms with E-state index in [-0.39, 0.29) is 58.3 Å². The third kappa shape index (κ3) is 13.9. The average Bonchev–Trinajstić information content (AvgIpc) is 2.44. The highest BCUT2D eigenvalue weighted by Crippen LogP contribution is 2.49. The van der Waals surface area contributed by atoms with Crippen molar-refractivity contribution >= 4 is 25.7 Å². The second-order valence-corrected chi connectivity index (χ2v) is 6.11. The number of phosphoric ester groups is 1. The number of hydrogen-bond donors (Lipinski definition) is 3. The Hall–Kier alpha value is -1.48. The number of carbonyl (C=O) groups is 3. The van der Waals surface area contributed by atoms with Crippen molar-refractivity contribution < 1.29 is 47.8 Å². The molecule has 3 N–H and O–H groups in total. The zero-order valence-corrected chi connectivity index (χ0v) is 13.4. The Labute approximate surface area is 133 Å². The standard InChI is InChI=1S/C12H21O10P/c13-10(14)4-1-7-20-23(19,21-8-2-5-11(15)16)22-9-3-6-12(17)18/h1-9H2,(H,13,14)(H,15,16)(H,17,18). The molecule has 0 saturated heterocycles. The molecule has 0 rings (SSSR count). The summed E-state index contributed by atoms with van der Waals surface area (Å²) in [7, 11) is -3.98. The first-order valence-electron chi connectivity index (χ1n) is 6.94. The summed E-state index contributed by atoms with van der Waals surface area (Å²) in [4.78, 5) is 31.1. The molecule has 0 aromatic heterocycles. The van der Waals surface area contributed by atoms with Gasteiger partial charge in [-0.05, 0) is 19.3 Å². The summed E-state index contributed by atoms with van der Waals surface area (Å²) in [6.45, 7) is -0.537. The van der Waals surface area contributed by atoms with Crippen molar-refractivity contribution in [1.82, 2.24) is 0 Å². The molecule has 0 aliphatic carbocycles. The summed E-state index contributed by atoms with van der Waals surface area (Å²) in [6, 6.07) is 0. The average molecular weight is 356 g/mol. The van der Waals surface area contributed by atoms with E-state index in [1.165, 1.54) is 0 Å². The van der Waals surface area contributed by atoms with Crippen LogP contribution in [0.15, 0.2) is 0 Å². The Balaban J connectivity index is 4.26. The topological polar surface area (TPSA) is 157 Å². The van der Waals surface area contributed by atoms with Gasteiger partial charge in [-0.15, -0.1) is 0 Å². The van der Waals surface area contributed by atoms with E-state index in [2.05, 4.69) is 0 Å². The molecule has 0 bridgehead atoms. The number of hydrogen-bond acceptors (Lipinski definition) is 7. The minimum Gasteiger partial charge on any atom is -0.481 e. The largest absolute Gasteiger partial charge is 0.481 e. The van der Waals surface area contributed by atoms with Crippen LogP contribution in [0.2, 0.25) is 0 Å². The van der Waals surface area contributed by atoms with Crippen LogP contribution in [0.5, 0.6) is 0 Å². The van der Waals surface area contributed by atoms with Crippen LogP contribution in [0.25, 0.3) is 0 Å². The van der Waals surface area contributed by atoms with Gasteiger partial charge in [0.2, 0.25) is 0 Å². The van der Waals surface area contributed by atoms with Crippen LogP contribution in [0.4, 0.5) is 0 Å². The summed E-state index contributed by atoms with van der Waals surface area (Å²) in [5, 5.41) is 25.5. The normalized spacial score (nSPS) is 11.3. The second-order valence-electron chi connectivity index (χ2n) is 4.44. The van der Waals surface area contributed by atoms with Crippen molar-refractivity contribution in [3.05, 3.63) is 0 Å². The summed E-state index contributed by atoms with van der Waals surface area (Å²) in [5.41, 5.74) is 0. The third-order valence-electron chi connectivity index (χ3n) is 2.35. The first-order valence-corrected chi connectivity index (χ1v) is 8.40. The van der Waals surface area contributed by atoms with Crippen molar-refractivity contribution in [2.24, 2.45) is 0 Å². The molecule has 0 amide bonds. The van der Waals surface area contributed by atoms with Gasteiger partial charge in [-0.3, -0.25) is 28.0 Å². The van der Waals surface area contributed by atoms with E-state index in [1.807, 2.05) is 0 Å². The molecule has 10 nitrogen and oxygen atoms in total. The molecule has 0 fully saturated rings. The first kappa shape index (κ1) is 21.5. The van der Waals surface area contributed by atoms with Crippen LogP contribution in [-0.2, 0) is 32.5 Å². The minimum atomic E-state index is -3.98. The lowest BCUT2D eigenvalue weighted by Gasteiger charge is -2.17. The lowest BCUT2D eigenvalue weighted by molar-refractivity contribution is -0.138. The lowest BCUT2D eigenvalue weighted by atomic mass is 10.3. The van der Waals surface area contributed by atoms with Gasteiger partial charge in [0.1, 0.15) is 0 Å². The highest BCUT2D eigenvalue weighted by atomic mass is 31.2.